The third-order valence-corrected chi connectivity index (χ3v) is 4.28. The van der Waals surface area contributed by atoms with E-state index >= 15 is 0 Å². The Morgan fingerprint density at radius 1 is 1.26 bits per heavy atom. The summed E-state index contributed by atoms with van der Waals surface area (Å²) in [7, 11) is 2.24. The number of nitrogens with two attached hydrogens (primary N) is 1. The number of nitrogens with zero attached hydrogens (tertiary/aromatic N) is 2. The molecule has 0 saturated carbocycles. The van der Waals surface area contributed by atoms with Gasteiger partial charge in [0.2, 0.25) is 0 Å². The molecule has 2 rings (SSSR count). The van der Waals surface area contributed by atoms with Gasteiger partial charge in [-0.15, -0.1) is 0 Å². The van der Waals surface area contributed by atoms with Crippen LogP contribution in [0.3, 0.4) is 0 Å². The molecule has 1 aliphatic heterocycles. The maximum Gasteiger partial charge on any atom is 0.0396 e. The summed E-state index contributed by atoms with van der Waals surface area (Å²) < 4.78 is 0. The zero-order valence-corrected chi connectivity index (χ0v) is 12.5. The number of aryl methyl sites for hydroxylation is 2. The first-order chi connectivity index (χ1) is 9.11. The van der Waals surface area contributed by atoms with E-state index in [0.29, 0.717) is 6.04 Å². The van der Waals surface area contributed by atoms with Gasteiger partial charge in [-0.2, -0.15) is 0 Å². The van der Waals surface area contributed by atoms with Gasteiger partial charge in [0.15, 0.2) is 0 Å². The Morgan fingerprint density at radius 2 is 1.95 bits per heavy atom. The number of piperidine rings is 1. The average molecular weight is 261 g/mol. The molecule has 1 saturated heterocycles. The summed E-state index contributed by atoms with van der Waals surface area (Å²) in [5.41, 5.74) is 9.73. The first-order valence-electron chi connectivity index (χ1n) is 7.34. The molecule has 0 bridgehead atoms. The summed E-state index contributed by atoms with van der Waals surface area (Å²) in [5.74, 6) is 0. The van der Waals surface area contributed by atoms with Crippen molar-refractivity contribution in [1.82, 2.24) is 4.90 Å². The number of likely N-dealkylation sites (tertiary alicyclic amines) is 1. The highest BCUT2D eigenvalue weighted by molar-refractivity contribution is 5.54. The quantitative estimate of drug-likeness (QED) is 0.901. The van der Waals surface area contributed by atoms with Gasteiger partial charge in [-0.25, -0.2) is 0 Å². The van der Waals surface area contributed by atoms with Gasteiger partial charge >= 0.3 is 0 Å². The molecular formula is C16H27N3. The lowest BCUT2D eigenvalue weighted by molar-refractivity contribution is 0.216. The Balaban J connectivity index is 1.99. The Bertz CT molecular complexity index is 408. The molecule has 1 aromatic rings. The molecule has 0 atom stereocenters. The van der Waals surface area contributed by atoms with Crippen LogP contribution in [0.1, 0.15) is 24.0 Å². The van der Waals surface area contributed by atoms with Crippen molar-refractivity contribution < 1.29 is 0 Å². The SMILES string of the molecule is Cc1ccc(N(C)C2CCN(CCN)CC2)c(C)c1. The third-order valence-electron chi connectivity index (χ3n) is 4.28. The van der Waals surface area contributed by atoms with Crippen molar-refractivity contribution in [3.8, 4) is 0 Å². The van der Waals surface area contributed by atoms with Gasteiger partial charge in [-0.05, 0) is 38.3 Å². The van der Waals surface area contributed by atoms with Crippen molar-refractivity contribution >= 4 is 5.69 Å². The highest BCUT2D eigenvalue weighted by Crippen LogP contribution is 2.25. The number of hydrogen-bond acceptors (Lipinski definition) is 3. The summed E-state index contributed by atoms with van der Waals surface area (Å²) in [4.78, 5) is 4.95. The van der Waals surface area contributed by atoms with Gasteiger partial charge in [-0.3, -0.25) is 0 Å². The molecule has 0 aliphatic carbocycles. The second-order valence-corrected chi connectivity index (χ2v) is 5.76. The summed E-state index contributed by atoms with van der Waals surface area (Å²) >= 11 is 0. The first kappa shape index (κ1) is 14.4. The maximum absolute atomic E-state index is 5.63. The number of benzene rings is 1. The fourth-order valence-corrected chi connectivity index (χ4v) is 3.11. The van der Waals surface area contributed by atoms with E-state index in [2.05, 4.69) is 48.9 Å². The van der Waals surface area contributed by atoms with Gasteiger partial charge in [-0.1, -0.05) is 17.7 Å². The van der Waals surface area contributed by atoms with Crippen molar-refractivity contribution in [3.05, 3.63) is 29.3 Å². The number of rotatable bonds is 4. The normalized spacial score (nSPS) is 17.7. The molecule has 0 radical (unpaired) electrons. The second kappa shape index (κ2) is 6.40. The largest absolute Gasteiger partial charge is 0.371 e. The lowest BCUT2D eigenvalue weighted by atomic mass is 10.0. The molecule has 3 heteroatoms. The van der Waals surface area contributed by atoms with E-state index in [1.54, 1.807) is 0 Å². The number of hydrogen-bond donors (Lipinski definition) is 1. The summed E-state index contributed by atoms with van der Waals surface area (Å²) in [6.45, 7) is 8.54. The lowest BCUT2D eigenvalue weighted by Gasteiger charge is -2.38. The smallest absolute Gasteiger partial charge is 0.0396 e. The van der Waals surface area contributed by atoms with Crippen LogP contribution in [0, 0.1) is 13.8 Å². The molecule has 2 N–H and O–H groups in total. The zero-order valence-electron chi connectivity index (χ0n) is 12.5. The topological polar surface area (TPSA) is 32.5 Å². The Kier molecular flexibility index (Phi) is 4.83. The van der Waals surface area contributed by atoms with Crippen LogP contribution in [0.15, 0.2) is 18.2 Å². The third kappa shape index (κ3) is 3.48. The molecule has 1 fully saturated rings. The summed E-state index contributed by atoms with van der Waals surface area (Å²) in [5, 5.41) is 0. The van der Waals surface area contributed by atoms with Gasteiger partial charge in [0.1, 0.15) is 0 Å². The Hall–Kier alpha value is -1.06. The van der Waals surface area contributed by atoms with Crippen molar-refractivity contribution in [2.75, 3.05) is 38.1 Å². The molecule has 1 heterocycles. The van der Waals surface area contributed by atoms with E-state index in [9.17, 15) is 0 Å². The molecule has 3 nitrogen and oxygen atoms in total. The molecule has 106 valence electrons. The Labute approximate surface area is 117 Å². The minimum absolute atomic E-state index is 0.662. The number of anilines is 1. The lowest BCUT2D eigenvalue weighted by Crippen LogP contribution is -2.44. The fourth-order valence-electron chi connectivity index (χ4n) is 3.11. The molecule has 19 heavy (non-hydrogen) atoms. The van der Waals surface area contributed by atoms with Crippen LogP contribution in [0.25, 0.3) is 0 Å². The highest BCUT2D eigenvalue weighted by atomic mass is 15.2. The predicted octanol–water partition coefficient (Wildman–Crippen LogP) is 2.16. The predicted molar refractivity (Wildman–Crippen MR) is 82.8 cm³/mol. The van der Waals surface area contributed by atoms with Gasteiger partial charge in [0, 0.05) is 45.0 Å². The van der Waals surface area contributed by atoms with Crippen molar-refractivity contribution in [2.24, 2.45) is 5.73 Å². The van der Waals surface area contributed by atoms with Gasteiger partial charge < -0.3 is 15.5 Å². The van der Waals surface area contributed by atoms with Crippen LogP contribution in [0.5, 0.6) is 0 Å². The minimum Gasteiger partial charge on any atom is -0.371 e. The molecule has 0 unspecified atom stereocenters. The van der Waals surface area contributed by atoms with E-state index in [1.165, 1.54) is 42.7 Å². The van der Waals surface area contributed by atoms with E-state index < -0.39 is 0 Å². The molecule has 0 spiro atoms. The van der Waals surface area contributed by atoms with Crippen LogP contribution in [-0.2, 0) is 0 Å². The Morgan fingerprint density at radius 3 is 2.53 bits per heavy atom. The average Bonchev–Trinajstić information content (AvgIpc) is 2.39. The van der Waals surface area contributed by atoms with Gasteiger partial charge in [0.05, 0.1) is 0 Å². The van der Waals surface area contributed by atoms with E-state index in [1.807, 2.05) is 0 Å². The molecule has 0 amide bonds. The molecule has 1 aromatic carbocycles. The summed E-state index contributed by atoms with van der Waals surface area (Å²) in [6.07, 6.45) is 2.48. The standard InChI is InChI=1S/C16H27N3/c1-13-4-5-16(14(2)12-13)18(3)15-6-9-19(10-7-15)11-8-17/h4-5,12,15H,6-11,17H2,1-3H3. The minimum atomic E-state index is 0.662. The van der Waals surface area contributed by atoms with Crippen LogP contribution in [0.4, 0.5) is 5.69 Å². The molecule has 1 aliphatic rings. The van der Waals surface area contributed by atoms with E-state index in [0.717, 1.165) is 13.1 Å². The molecular weight excluding hydrogens is 234 g/mol. The first-order valence-corrected chi connectivity index (χ1v) is 7.34. The van der Waals surface area contributed by atoms with E-state index in [4.69, 9.17) is 5.73 Å². The van der Waals surface area contributed by atoms with Crippen molar-refractivity contribution in [2.45, 2.75) is 32.7 Å². The van der Waals surface area contributed by atoms with Crippen LogP contribution < -0.4 is 10.6 Å². The van der Waals surface area contributed by atoms with E-state index in [-0.39, 0.29) is 0 Å². The molecule has 0 aromatic heterocycles. The van der Waals surface area contributed by atoms with Crippen molar-refractivity contribution in [1.29, 1.82) is 0 Å². The zero-order chi connectivity index (χ0) is 13.8. The van der Waals surface area contributed by atoms with Crippen molar-refractivity contribution in [3.63, 3.8) is 0 Å². The highest BCUT2D eigenvalue weighted by Gasteiger charge is 2.22. The van der Waals surface area contributed by atoms with Crippen LogP contribution in [-0.4, -0.2) is 44.2 Å². The summed E-state index contributed by atoms with van der Waals surface area (Å²) in [6, 6.07) is 7.41. The fraction of sp³-hybridized carbons (Fsp3) is 0.625. The van der Waals surface area contributed by atoms with Crippen LogP contribution in [0.2, 0.25) is 0 Å². The monoisotopic (exact) mass is 261 g/mol. The second-order valence-electron chi connectivity index (χ2n) is 5.76. The van der Waals surface area contributed by atoms with Crippen LogP contribution >= 0.6 is 0 Å². The van der Waals surface area contributed by atoms with Gasteiger partial charge in [0.25, 0.3) is 0 Å². The maximum atomic E-state index is 5.63.